The van der Waals surface area contributed by atoms with Gasteiger partial charge in [-0.2, -0.15) is 0 Å². The lowest BCUT2D eigenvalue weighted by molar-refractivity contribution is -0.120. The Morgan fingerprint density at radius 3 is 2.62 bits per heavy atom. The molecule has 0 saturated carbocycles. The second-order valence-corrected chi connectivity index (χ2v) is 5.25. The third kappa shape index (κ3) is 3.84. The SMILES string of the molecule is O=C(Cc1cc(-c2ccc(F)cc2F)on1)NCc1ccccc1. The Morgan fingerprint density at radius 2 is 1.88 bits per heavy atom. The van der Waals surface area contributed by atoms with Crippen LogP contribution in [0.25, 0.3) is 11.3 Å². The second-order valence-electron chi connectivity index (χ2n) is 5.25. The van der Waals surface area contributed by atoms with Crippen LogP contribution >= 0.6 is 0 Å². The average molecular weight is 328 g/mol. The van der Waals surface area contributed by atoms with Gasteiger partial charge in [-0.1, -0.05) is 35.5 Å². The van der Waals surface area contributed by atoms with Gasteiger partial charge in [-0.05, 0) is 17.7 Å². The molecule has 122 valence electrons. The van der Waals surface area contributed by atoms with Gasteiger partial charge >= 0.3 is 0 Å². The van der Waals surface area contributed by atoms with Crippen LogP contribution in [-0.2, 0) is 17.8 Å². The summed E-state index contributed by atoms with van der Waals surface area (Å²) in [5.41, 5.74) is 1.46. The molecule has 0 aliphatic heterocycles. The van der Waals surface area contributed by atoms with E-state index in [-0.39, 0.29) is 23.7 Å². The lowest BCUT2D eigenvalue weighted by Gasteiger charge is -2.03. The maximum absolute atomic E-state index is 13.7. The van der Waals surface area contributed by atoms with Gasteiger partial charge < -0.3 is 9.84 Å². The van der Waals surface area contributed by atoms with Gasteiger partial charge in [-0.3, -0.25) is 4.79 Å². The molecule has 0 spiro atoms. The predicted octanol–water partition coefficient (Wildman–Crippen LogP) is 3.48. The van der Waals surface area contributed by atoms with Gasteiger partial charge in [0.05, 0.1) is 17.7 Å². The number of rotatable bonds is 5. The summed E-state index contributed by atoms with van der Waals surface area (Å²) in [6.07, 6.45) is 0.0130. The van der Waals surface area contributed by atoms with Crippen molar-refractivity contribution in [3.8, 4) is 11.3 Å². The van der Waals surface area contributed by atoms with Gasteiger partial charge in [-0.15, -0.1) is 0 Å². The first-order chi connectivity index (χ1) is 11.6. The van der Waals surface area contributed by atoms with Crippen LogP contribution < -0.4 is 5.32 Å². The van der Waals surface area contributed by atoms with E-state index in [1.54, 1.807) is 0 Å². The van der Waals surface area contributed by atoms with E-state index < -0.39 is 11.6 Å². The molecule has 3 aromatic rings. The summed E-state index contributed by atoms with van der Waals surface area (Å²) in [5, 5.41) is 6.53. The highest BCUT2D eigenvalue weighted by atomic mass is 19.1. The van der Waals surface area contributed by atoms with Crippen LogP contribution in [0.1, 0.15) is 11.3 Å². The molecule has 0 aliphatic rings. The second kappa shape index (κ2) is 7.04. The molecule has 6 heteroatoms. The van der Waals surface area contributed by atoms with Gasteiger partial charge in [0.15, 0.2) is 5.76 Å². The third-order valence-corrected chi connectivity index (χ3v) is 3.43. The van der Waals surface area contributed by atoms with E-state index >= 15 is 0 Å². The number of halogens is 2. The lowest BCUT2D eigenvalue weighted by Crippen LogP contribution is -2.24. The topological polar surface area (TPSA) is 55.1 Å². The van der Waals surface area contributed by atoms with Crippen LogP contribution in [0.3, 0.4) is 0 Å². The number of hydrogen-bond acceptors (Lipinski definition) is 3. The molecule has 1 amide bonds. The molecule has 2 aromatic carbocycles. The summed E-state index contributed by atoms with van der Waals surface area (Å²) >= 11 is 0. The Labute approximate surface area is 137 Å². The van der Waals surface area contributed by atoms with E-state index in [0.717, 1.165) is 17.7 Å². The number of carbonyl (C=O) groups excluding carboxylic acids is 1. The minimum absolute atomic E-state index is 0.0130. The highest BCUT2D eigenvalue weighted by molar-refractivity contribution is 5.78. The van der Waals surface area contributed by atoms with E-state index in [0.29, 0.717) is 12.2 Å². The van der Waals surface area contributed by atoms with Crippen molar-refractivity contribution < 1.29 is 18.1 Å². The molecule has 0 fully saturated rings. The smallest absolute Gasteiger partial charge is 0.226 e. The van der Waals surface area contributed by atoms with E-state index in [2.05, 4.69) is 10.5 Å². The molecule has 1 N–H and O–H groups in total. The molecule has 4 nitrogen and oxygen atoms in total. The molecular weight excluding hydrogens is 314 g/mol. The van der Waals surface area contributed by atoms with Crippen molar-refractivity contribution in [1.82, 2.24) is 10.5 Å². The first-order valence-corrected chi connectivity index (χ1v) is 7.33. The fourth-order valence-corrected chi connectivity index (χ4v) is 2.23. The van der Waals surface area contributed by atoms with Crippen LogP contribution in [0.15, 0.2) is 59.1 Å². The Hall–Kier alpha value is -3.02. The molecular formula is C18H14F2N2O2. The van der Waals surface area contributed by atoms with Crippen LogP contribution in [0.4, 0.5) is 8.78 Å². The molecule has 0 aliphatic carbocycles. The normalized spacial score (nSPS) is 10.6. The molecule has 3 rings (SSSR count). The van der Waals surface area contributed by atoms with Crippen LogP contribution in [-0.4, -0.2) is 11.1 Å². The third-order valence-electron chi connectivity index (χ3n) is 3.43. The highest BCUT2D eigenvalue weighted by Crippen LogP contribution is 2.24. The summed E-state index contributed by atoms with van der Waals surface area (Å²) < 4.78 is 31.7. The number of nitrogens with zero attached hydrogens (tertiary/aromatic N) is 1. The standard InChI is InChI=1S/C18H14F2N2O2/c19-13-6-7-15(16(20)8-13)17-9-14(22-24-17)10-18(23)21-11-12-4-2-1-3-5-12/h1-9H,10-11H2,(H,21,23). The summed E-state index contributed by atoms with van der Waals surface area (Å²) in [6.45, 7) is 0.414. The molecule has 0 unspecified atom stereocenters. The van der Waals surface area contributed by atoms with Gasteiger partial charge in [-0.25, -0.2) is 8.78 Å². The quantitative estimate of drug-likeness (QED) is 0.780. The van der Waals surface area contributed by atoms with Crippen molar-refractivity contribution in [2.75, 3.05) is 0 Å². The van der Waals surface area contributed by atoms with E-state index in [9.17, 15) is 13.6 Å². The van der Waals surface area contributed by atoms with Crippen molar-refractivity contribution in [1.29, 1.82) is 0 Å². The largest absolute Gasteiger partial charge is 0.356 e. The van der Waals surface area contributed by atoms with Crippen molar-refractivity contribution >= 4 is 5.91 Å². The number of benzene rings is 2. The number of carbonyl (C=O) groups is 1. The Balaban J connectivity index is 1.62. The van der Waals surface area contributed by atoms with Gasteiger partial charge in [0.25, 0.3) is 0 Å². The average Bonchev–Trinajstić information content (AvgIpc) is 3.02. The minimum Gasteiger partial charge on any atom is -0.356 e. The first-order valence-electron chi connectivity index (χ1n) is 7.33. The maximum Gasteiger partial charge on any atom is 0.226 e. The molecule has 0 atom stereocenters. The Bertz CT molecular complexity index is 847. The number of hydrogen-bond donors (Lipinski definition) is 1. The number of nitrogens with one attached hydrogen (secondary N) is 1. The van der Waals surface area contributed by atoms with Gasteiger partial charge in [0.1, 0.15) is 11.6 Å². The fraction of sp³-hybridized carbons (Fsp3) is 0.111. The van der Waals surface area contributed by atoms with Crippen molar-refractivity contribution in [2.45, 2.75) is 13.0 Å². The number of amides is 1. The molecule has 0 radical (unpaired) electrons. The van der Waals surface area contributed by atoms with Gasteiger partial charge in [0, 0.05) is 18.7 Å². The Morgan fingerprint density at radius 1 is 1.08 bits per heavy atom. The van der Waals surface area contributed by atoms with Crippen molar-refractivity contribution in [2.24, 2.45) is 0 Å². The summed E-state index contributed by atoms with van der Waals surface area (Å²) in [4.78, 5) is 11.9. The Kier molecular flexibility index (Phi) is 4.65. The zero-order chi connectivity index (χ0) is 16.9. The van der Waals surface area contributed by atoms with Crippen molar-refractivity contribution in [3.63, 3.8) is 0 Å². The van der Waals surface area contributed by atoms with E-state index in [1.165, 1.54) is 12.1 Å². The molecule has 0 bridgehead atoms. The molecule has 1 aromatic heterocycles. The van der Waals surface area contributed by atoms with E-state index in [4.69, 9.17) is 4.52 Å². The number of aromatic nitrogens is 1. The monoisotopic (exact) mass is 328 g/mol. The van der Waals surface area contributed by atoms with Crippen LogP contribution in [0.5, 0.6) is 0 Å². The van der Waals surface area contributed by atoms with Crippen molar-refractivity contribution in [3.05, 3.63) is 77.5 Å². The summed E-state index contributed by atoms with van der Waals surface area (Å²) in [5.74, 6) is -1.49. The minimum atomic E-state index is -0.744. The zero-order valence-corrected chi connectivity index (χ0v) is 12.6. The predicted molar refractivity (Wildman–Crippen MR) is 83.8 cm³/mol. The van der Waals surface area contributed by atoms with Crippen LogP contribution in [0.2, 0.25) is 0 Å². The summed E-state index contributed by atoms with van der Waals surface area (Å²) in [6, 6.07) is 14.1. The highest BCUT2D eigenvalue weighted by Gasteiger charge is 2.14. The maximum atomic E-state index is 13.7. The van der Waals surface area contributed by atoms with Gasteiger partial charge in [0.2, 0.25) is 5.91 Å². The summed E-state index contributed by atoms with van der Waals surface area (Å²) in [7, 11) is 0. The fourth-order valence-electron chi connectivity index (χ4n) is 2.23. The van der Waals surface area contributed by atoms with Crippen LogP contribution in [0, 0.1) is 11.6 Å². The molecule has 24 heavy (non-hydrogen) atoms. The molecule has 0 saturated heterocycles. The first kappa shape index (κ1) is 15.9. The zero-order valence-electron chi connectivity index (χ0n) is 12.6. The van der Waals surface area contributed by atoms with E-state index in [1.807, 2.05) is 30.3 Å². The molecule has 1 heterocycles. The lowest BCUT2D eigenvalue weighted by atomic mass is 10.1.